The zero-order chi connectivity index (χ0) is 18.8. The molecule has 4 rings (SSSR count). The third-order valence-electron chi connectivity index (χ3n) is 5.38. The van der Waals surface area contributed by atoms with Crippen molar-refractivity contribution in [2.24, 2.45) is 0 Å². The van der Waals surface area contributed by atoms with Gasteiger partial charge in [0, 0.05) is 30.4 Å². The van der Waals surface area contributed by atoms with E-state index >= 15 is 0 Å². The first-order chi connectivity index (χ1) is 13.2. The van der Waals surface area contributed by atoms with Crippen molar-refractivity contribution >= 4 is 23.2 Å². The molecule has 142 valence electrons. The van der Waals surface area contributed by atoms with Crippen molar-refractivity contribution in [2.75, 3.05) is 13.7 Å². The molecular weight excluding hydrogens is 360 g/mol. The molecule has 1 aromatic heterocycles. The minimum atomic E-state index is -0.541. The summed E-state index contributed by atoms with van der Waals surface area (Å²) in [5.41, 5.74) is 2.23. The number of rotatable bonds is 6. The summed E-state index contributed by atoms with van der Waals surface area (Å²) < 4.78 is 4.99. The van der Waals surface area contributed by atoms with Crippen LogP contribution in [0.5, 0.6) is 0 Å². The lowest BCUT2D eigenvalue weighted by Gasteiger charge is -2.36. The quantitative estimate of drug-likeness (QED) is 0.719. The van der Waals surface area contributed by atoms with Crippen molar-refractivity contribution in [3.05, 3.63) is 57.8 Å². The maximum atomic E-state index is 13.2. The topological polar surface area (TPSA) is 49.9 Å². The molecule has 1 fully saturated rings. The summed E-state index contributed by atoms with van der Waals surface area (Å²) in [4.78, 5) is 30.8. The normalized spacial score (nSPS) is 19.0. The van der Waals surface area contributed by atoms with Gasteiger partial charge in [-0.05, 0) is 35.4 Å². The predicted molar refractivity (Wildman–Crippen MR) is 104 cm³/mol. The van der Waals surface area contributed by atoms with E-state index in [9.17, 15) is 9.59 Å². The Bertz CT molecular complexity index is 817. The van der Waals surface area contributed by atoms with Gasteiger partial charge in [0.15, 0.2) is 0 Å². The van der Waals surface area contributed by atoms with Crippen molar-refractivity contribution < 1.29 is 14.3 Å². The third-order valence-corrected chi connectivity index (χ3v) is 6.24. The number of amides is 1. The molecular formula is C21H24N2O3S. The Kier molecular flexibility index (Phi) is 5.27. The number of thiophene rings is 1. The molecule has 0 bridgehead atoms. The van der Waals surface area contributed by atoms with Gasteiger partial charge in [-0.1, -0.05) is 30.3 Å². The summed E-state index contributed by atoms with van der Waals surface area (Å²) >= 11 is 1.72. The second-order valence-electron chi connectivity index (χ2n) is 7.25. The average molecular weight is 385 g/mol. The van der Waals surface area contributed by atoms with Crippen LogP contribution in [-0.4, -0.2) is 47.4 Å². The van der Waals surface area contributed by atoms with E-state index in [2.05, 4.69) is 16.3 Å². The van der Waals surface area contributed by atoms with E-state index in [0.717, 1.165) is 30.5 Å². The van der Waals surface area contributed by atoms with Gasteiger partial charge >= 0.3 is 5.97 Å². The summed E-state index contributed by atoms with van der Waals surface area (Å²) in [5.74, 6) is -0.336. The van der Waals surface area contributed by atoms with Gasteiger partial charge in [-0.15, -0.1) is 11.3 Å². The smallest absolute Gasteiger partial charge is 0.328 e. The molecule has 0 saturated heterocycles. The molecule has 27 heavy (non-hydrogen) atoms. The number of fused-ring (bicyclic) bond motifs is 1. The second-order valence-corrected chi connectivity index (χ2v) is 8.28. The van der Waals surface area contributed by atoms with Crippen LogP contribution in [0.25, 0.3) is 0 Å². The monoisotopic (exact) mass is 384 g/mol. The van der Waals surface area contributed by atoms with E-state index in [1.54, 1.807) is 16.2 Å². The number of carbonyl (C=O) groups is 2. The lowest BCUT2D eigenvalue weighted by molar-refractivity contribution is -0.154. The Morgan fingerprint density at radius 2 is 1.96 bits per heavy atom. The third kappa shape index (κ3) is 4.06. The Labute approximate surface area is 163 Å². The van der Waals surface area contributed by atoms with Crippen LogP contribution in [0.3, 0.4) is 0 Å². The predicted octanol–water partition coefficient (Wildman–Crippen LogP) is 2.84. The molecule has 1 aliphatic heterocycles. The summed E-state index contributed by atoms with van der Waals surface area (Å²) in [6.07, 6.45) is 2.80. The minimum Gasteiger partial charge on any atom is -0.467 e. The van der Waals surface area contributed by atoms with Crippen molar-refractivity contribution in [3.8, 4) is 0 Å². The highest BCUT2D eigenvalue weighted by atomic mass is 32.1. The van der Waals surface area contributed by atoms with Crippen molar-refractivity contribution in [3.63, 3.8) is 0 Å². The minimum absolute atomic E-state index is 0.00311. The molecule has 2 aliphatic rings. The van der Waals surface area contributed by atoms with Gasteiger partial charge in [-0.3, -0.25) is 9.69 Å². The first-order valence-electron chi connectivity index (χ1n) is 9.36. The highest BCUT2D eigenvalue weighted by Crippen LogP contribution is 2.30. The number of carbonyl (C=O) groups excluding carboxylic acids is 2. The lowest BCUT2D eigenvalue weighted by atomic mass is 9.94. The fraction of sp³-hybridized carbons (Fsp3) is 0.429. The molecule has 5 nitrogen and oxygen atoms in total. The SMILES string of the molecule is COC(=O)C1Cc2ccccc2CN1C(=O)CN(Cc1cccs1)C1CC1. The van der Waals surface area contributed by atoms with Gasteiger partial charge in [0.25, 0.3) is 0 Å². The van der Waals surface area contributed by atoms with Crippen LogP contribution >= 0.6 is 11.3 Å². The molecule has 1 aromatic carbocycles. The van der Waals surface area contributed by atoms with E-state index in [-0.39, 0.29) is 11.9 Å². The summed E-state index contributed by atoms with van der Waals surface area (Å²) in [5, 5.41) is 2.07. The van der Waals surface area contributed by atoms with E-state index in [4.69, 9.17) is 4.74 Å². The van der Waals surface area contributed by atoms with E-state index in [1.165, 1.54) is 12.0 Å². The molecule has 0 spiro atoms. The number of ether oxygens (including phenoxy) is 1. The highest BCUT2D eigenvalue weighted by molar-refractivity contribution is 7.09. The molecule has 6 heteroatoms. The molecule has 2 aromatic rings. The zero-order valence-corrected chi connectivity index (χ0v) is 16.3. The Morgan fingerprint density at radius 1 is 1.19 bits per heavy atom. The maximum Gasteiger partial charge on any atom is 0.328 e. The van der Waals surface area contributed by atoms with Crippen LogP contribution < -0.4 is 0 Å². The Balaban J connectivity index is 1.52. The lowest BCUT2D eigenvalue weighted by Crippen LogP contribution is -2.52. The fourth-order valence-electron chi connectivity index (χ4n) is 3.75. The van der Waals surface area contributed by atoms with E-state index in [1.807, 2.05) is 30.3 Å². The molecule has 0 radical (unpaired) electrons. The van der Waals surface area contributed by atoms with Crippen molar-refractivity contribution in [2.45, 2.75) is 44.4 Å². The van der Waals surface area contributed by atoms with Crippen molar-refractivity contribution in [1.29, 1.82) is 0 Å². The summed E-state index contributed by atoms with van der Waals surface area (Å²) in [6, 6.07) is 12.1. The molecule has 1 aliphatic carbocycles. The van der Waals surface area contributed by atoms with Gasteiger partial charge in [0.1, 0.15) is 6.04 Å². The van der Waals surface area contributed by atoms with E-state index in [0.29, 0.717) is 25.6 Å². The molecule has 0 N–H and O–H groups in total. The fourth-order valence-corrected chi connectivity index (χ4v) is 4.48. The van der Waals surface area contributed by atoms with Crippen LogP contribution in [0.15, 0.2) is 41.8 Å². The Morgan fingerprint density at radius 3 is 2.63 bits per heavy atom. The van der Waals surface area contributed by atoms with Crippen molar-refractivity contribution in [1.82, 2.24) is 9.80 Å². The molecule has 1 amide bonds. The van der Waals surface area contributed by atoms with Crippen LogP contribution in [0, 0.1) is 0 Å². The summed E-state index contributed by atoms with van der Waals surface area (Å²) in [7, 11) is 1.39. The van der Waals surface area contributed by atoms with Crippen LogP contribution in [0.2, 0.25) is 0 Å². The molecule has 1 saturated carbocycles. The summed E-state index contributed by atoms with van der Waals surface area (Å²) in [6.45, 7) is 1.60. The van der Waals surface area contributed by atoms with Crippen LogP contribution in [-0.2, 0) is 33.8 Å². The zero-order valence-electron chi connectivity index (χ0n) is 15.5. The Hall–Kier alpha value is -2.18. The molecule has 1 unspecified atom stereocenters. The number of esters is 1. The second kappa shape index (κ2) is 7.82. The number of hydrogen-bond donors (Lipinski definition) is 0. The van der Waals surface area contributed by atoms with Crippen LogP contribution in [0.1, 0.15) is 28.8 Å². The van der Waals surface area contributed by atoms with Gasteiger partial charge in [0.2, 0.25) is 5.91 Å². The van der Waals surface area contributed by atoms with Gasteiger partial charge in [0.05, 0.1) is 13.7 Å². The first-order valence-corrected chi connectivity index (χ1v) is 10.2. The van der Waals surface area contributed by atoms with E-state index < -0.39 is 6.04 Å². The van der Waals surface area contributed by atoms with Gasteiger partial charge in [-0.25, -0.2) is 4.79 Å². The van der Waals surface area contributed by atoms with Gasteiger partial charge < -0.3 is 9.64 Å². The largest absolute Gasteiger partial charge is 0.467 e. The number of methoxy groups -OCH3 is 1. The van der Waals surface area contributed by atoms with Crippen LogP contribution in [0.4, 0.5) is 0 Å². The average Bonchev–Trinajstić information content (AvgIpc) is 3.42. The number of benzene rings is 1. The first kappa shape index (κ1) is 18.2. The highest BCUT2D eigenvalue weighted by Gasteiger charge is 2.37. The maximum absolute atomic E-state index is 13.2. The number of nitrogens with zero attached hydrogens (tertiary/aromatic N) is 2. The molecule has 1 atom stereocenters. The molecule has 2 heterocycles. The number of hydrogen-bond acceptors (Lipinski definition) is 5. The van der Waals surface area contributed by atoms with Gasteiger partial charge in [-0.2, -0.15) is 0 Å². The standard InChI is InChI=1S/C21H24N2O3S/c1-26-21(25)19-11-15-5-2-3-6-16(15)12-23(19)20(24)14-22(17-8-9-17)13-18-7-4-10-27-18/h2-7,10,17,19H,8-9,11-14H2,1H3.